The summed E-state index contributed by atoms with van der Waals surface area (Å²) in [5.41, 5.74) is 5.41. The van der Waals surface area contributed by atoms with Gasteiger partial charge in [0.1, 0.15) is 5.82 Å². The average Bonchev–Trinajstić information content (AvgIpc) is 2.09. The summed E-state index contributed by atoms with van der Waals surface area (Å²) in [5, 5.41) is 8.23. The van der Waals surface area contributed by atoms with Crippen molar-refractivity contribution in [3.63, 3.8) is 0 Å². The number of nitriles is 1. The van der Waals surface area contributed by atoms with E-state index in [-0.39, 0.29) is 11.4 Å². The number of nitrogens with two attached hydrogens (primary N) is 1. The molecule has 15 heavy (non-hydrogen) atoms. The van der Waals surface area contributed by atoms with Gasteiger partial charge in [-0.3, -0.25) is 4.72 Å². The van der Waals surface area contributed by atoms with Crippen molar-refractivity contribution in [1.29, 1.82) is 5.26 Å². The summed E-state index contributed by atoms with van der Waals surface area (Å²) in [4.78, 5) is 0. The molecule has 5 nitrogen and oxygen atoms in total. The minimum atomic E-state index is -3.73. The van der Waals surface area contributed by atoms with Gasteiger partial charge in [-0.1, -0.05) is 0 Å². The molecule has 0 saturated heterocycles. The monoisotopic (exact) mass is 229 g/mol. The van der Waals surface area contributed by atoms with Crippen LogP contribution in [0.15, 0.2) is 18.2 Å². The van der Waals surface area contributed by atoms with Gasteiger partial charge in [-0.15, -0.1) is 0 Å². The lowest BCUT2D eigenvalue weighted by Crippen LogP contribution is -2.16. The lowest BCUT2D eigenvalue weighted by Gasteiger charge is -2.07. The molecule has 1 aromatic carbocycles. The largest absolute Gasteiger partial charge is 0.397 e. The molecular formula is C8H8FN3O2S. The molecule has 1 rings (SSSR count). The molecule has 0 radical (unpaired) electrons. The third-order valence-electron chi connectivity index (χ3n) is 1.53. The van der Waals surface area contributed by atoms with Crippen molar-refractivity contribution >= 4 is 21.4 Å². The number of nitrogens with one attached hydrogen (secondary N) is 1. The van der Waals surface area contributed by atoms with Gasteiger partial charge in [0.05, 0.1) is 17.4 Å². The molecule has 1 aromatic rings. The lowest BCUT2D eigenvalue weighted by molar-refractivity contribution is 0.604. The van der Waals surface area contributed by atoms with Crippen LogP contribution in [-0.2, 0) is 10.0 Å². The molecule has 80 valence electrons. The first-order chi connectivity index (χ1) is 6.94. The second-order valence-electron chi connectivity index (χ2n) is 2.75. The van der Waals surface area contributed by atoms with Crippen LogP contribution in [0.25, 0.3) is 0 Å². The summed E-state index contributed by atoms with van der Waals surface area (Å²) in [6, 6.07) is 4.75. The highest BCUT2D eigenvalue weighted by Gasteiger charge is 2.11. The highest BCUT2D eigenvalue weighted by molar-refractivity contribution is 7.92. The Morgan fingerprint density at radius 2 is 2.20 bits per heavy atom. The Bertz CT molecular complexity index is 507. The molecule has 0 fully saturated rings. The van der Waals surface area contributed by atoms with Gasteiger partial charge in [-0.25, -0.2) is 12.8 Å². The van der Waals surface area contributed by atoms with Crippen LogP contribution >= 0.6 is 0 Å². The van der Waals surface area contributed by atoms with Gasteiger partial charge in [0.25, 0.3) is 0 Å². The molecule has 3 N–H and O–H groups in total. The Morgan fingerprint density at radius 1 is 1.53 bits per heavy atom. The molecule has 0 unspecified atom stereocenters. The highest BCUT2D eigenvalue weighted by Crippen LogP contribution is 2.20. The van der Waals surface area contributed by atoms with Crippen LogP contribution in [-0.4, -0.2) is 14.2 Å². The molecule has 0 bridgehead atoms. The fourth-order valence-corrected chi connectivity index (χ4v) is 1.68. The Labute approximate surface area is 86.4 Å². The third-order valence-corrected chi connectivity index (χ3v) is 2.57. The molecule has 0 heterocycles. The van der Waals surface area contributed by atoms with Gasteiger partial charge in [0, 0.05) is 0 Å². The van der Waals surface area contributed by atoms with Gasteiger partial charge in [0.15, 0.2) is 5.75 Å². The quantitative estimate of drug-likeness (QED) is 0.744. The first-order valence-electron chi connectivity index (χ1n) is 3.87. The van der Waals surface area contributed by atoms with E-state index in [1.807, 2.05) is 0 Å². The number of anilines is 2. The molecule has 0 saturated carbocycles. The number of hydrogen-bond acceptors (Lipinski definition) is 4. The smallest absolute Gasteiger partial charge is 0.246 e. The van der Waals surface area contributed by atoms with Gasteiger partial charge in [0.2, 0.25) is 10.0 Å². The zero-order valence-electron chi connectivity index (χ0n) is 7.57. The summed E-state index contributed by atoms with van der Waals surface area (Å²) in [6.07, 6.45) is 0. The van der Waals surface area contributed by atoms with E-state index in [0.29, 0.717) is 0 Å². The summed E-state index contributed by atoms with van der Waals surface area (Å²) in [6.45, 7) is 0. The van der Waals surface area contributed by atoms with Crippen LogP contribution in [0.5, 0.6) is 0 Å². The first kappa shape index (κ1) is 11.3. The van der Waals surface area contributed by atoms with E-state index >= 15 is 0 Å². The van der Waals surface area contributed by atoms with Crippen LogP contribution in [0.1, 0.15) is 0 Å². The van der Waals surface area contributed by atoms with E-state index in [1.54, 1.807) is 0 Å². The van der Waals surface area contributed by atoms with Crippen LogP contribution < -0.4 is 10.5 Å². The molecule has 0 atom stereocenters. The number of hydrogen-bond donors (Lipinski definition) is 2. The Kier molecular flexibility index (Phi) is 3.11. The zero-order valence-corrected chi connectivity index (χ0v) is 8.38. The number of halogens is 1. The van der Waals surface area contributed by atoms with Gasteiger partial charge in [-0.05, 0) is 18.2 Å². The van der Waals surface area contributed by atoms with E-state index in [4.69, 9.17) is 11.0 Å². The van der Waals surface area contributed by atoms with E-state index in [0.717, 1.165) is 12.1 Å². The van der Waals surface area contributed by atoms with Crippen molar-refractivity contribution in [2.75, 3.05) is 16.2 Å². The van der Waals surface area contributed by atoms with Crippen molar-refractivity contribution in [2.45, 2.75) is 0 Å². The molecule has 0 aliphatic rings. The maximum atomic E-state index is 12.6. The van der Waals surface area contributed by atoms with Crippen LogP contribution in [0.3, 0.4) is 0 Å². The maximum Gasteiger partial charge on any atom is 0.246 e. The standard InChI is InChI=1S/C8H8FN3O2S/c9-6-1-2-8(7(11)5-6)12-15(13,14)4-3-10/h1-2,5,12H,4,11H2. The summed E-state index contributed by atoms with van der Waals surface area (Å²) in [7, 11) is -3.73. The number of rotatable bonds is 3. The number of sulfonamides is 1. The zero-order chi connectivity index (χ0) is 11.5. The summed E-state index contributed by atoms with van der Waals surface area (Å²) in [5.74, 6) is -1.24. The SMILES string of the molecule is N#CCS(=O)(=O)Nc1ccc(F)cc1N. The van der Waals surface area contributed by atoms with E-state index < -0.39 is 21.6 Å². The predicted molar refractivity (Wildman–Crippen MR) is 53.8 cm³/mol. The molecule has 0 aliphatic heterocycles. The Morgan fingerprint density at radius 3 is 2.73 bits per heavy atom. The van der Waals surface area contributed by atoms with Gasteiger partial charge < -0.3 is 5.73 Å². The van der Waals surface area contributed by atoms with Crippen LogP contribution in [0.2, 0.25) is 0 Å². The first-order valence-corrected chi connectivity index (χ1v) is 5.52. The second-order valence-corrected chi connectivity index (χ2v) is 4.47. The minimum absolute atomic E-state index is 0.0310. The molecule has 7 heteroatoms. The second kappa shape index (κ2) is 4.14. The summed E-state index contributed by atoms with van der Waals surface area (Å²) < 4.78 is 37.0. The van der Waals surface area contributed by atoms with E-state index in [9.17, 15) is 12.8 Å². The maximum absolute atomic E-state index is 12.6. The van der Waals surface area contributed by atoms with Crippen molar-refractivity contribution < 1.29 is 12.8 Å². The van der Waals surface area contributed by atoms with E-state index in [1.165, 1.54) is 12.1 Å². The molecule has 0 spiro atoms. The lowest BCUT2D eigenvalue weighted by atomic mass is 10.3. The fraction of sp³-hybridized carbons (Fsp3) is 0.125. The minimum Gasteiger partial charge on any atom is -0.397 e. The van der Waals surface area contributed by atoms with E-state index in [2.05, 4.69) is 4.72 Å². The number of nitrogen functional groups attached to an aromatic ring is 1. The van der Waals surface area contributed by atoms with Crippen molar-refractivity contribution in [1.82, 2.24) is 0 Å². The van der Waals surface area contributed by atoms with Crippen molar-refractivity contribution in [3.05, 3.63) is 24.0 Å². The highest BCUT2D eigenvalue weighted by atomic mass is 32.2. The van der Waals surface area contributed by atoms with Gasteiger partial charge >= 0.3 is 0 Å². The third kappa shape index (κ3) is 3.11. The van der Waals surface area contributed by atoms with Crippen LogP contribution in [0.4, 0.5) is 15.8 Å². The molecule has 0 aromatic heterocycles. The number of nitrogens with zero attached hydrogens (tertiary/aromatic N) is 1. The molecule has 0 amide bonds. The molecular weight excluding hydrogens is 221 g/mol. The van der Waals surface area contributed by atoms with Crippen molar-refractivity contribution in [3.8, 4) is 6.07 Å². The Balaban J connectivity index is 2.96. The summed E-state index contributed by atoms with van der Waals surface area (Å²) >= 11 is 0. The molecule has 0 aliphatic carbocycles. The predicted octanol–water partition coefficient (Wildman–Crippen LogP) is 0.673. The topological polar surface area (TPSA) is 96.0 Å². The van der Waals surface area contributed by atoms with Gasteiger partial charge in [-0.2, -0.15) is 5.26 Å². The van der Waals surface area contributed by atoms with Crippen molar-refractivity contribution in [2.24, 2.45) is 0 Å². The Hall–Kier alpha value is -1.81. The average molecular weight is 229 g/mol. The normalized spacial score (nSPS) is 10.7. The fourth-order valence-electron chi connectivity index (χ4n) is 0.915. The number of benzene rings is 1. The van der Waals surface area contributed by atoms with Crippen LogP contribution in [0, 0.1) is 17.1 Å².